The second-order valence-corrected chi connectivity index (χ2v) is 6.48. The Bertz CT molecular complexity index is 1080. The Morgan fingerprint density at radius 3 is 2.44 bits per heavy atom. The Labute approximate surface area is 184 Å². The number of benzene rings is 2. The first-order valence-corrected chi connectivity index (χ1v) is 9.20. The SMILES string of the molecule is CCOC(=O)/C=C(\C)OC(=O)c1cc(Oc2ccc(C(F)(F)F)cc2Cl)ccc1[N+](=O)[O-]. The van der Waals surface area contributed by atoms with Crippen molar-refractivity contribution in [2.75, 3.05) is 6.61 Å². The molecule has 2 aromatic rings. The van der Waals surface area contributed by atoms with Crippen molar-refractivity contribution in [3.63, 3.8) is 0 Å². The summed E-state index contributed by atoms with van der Waals surface area (Å²) in [5.41, 5.74) is -2.14. The fourth-order valence-electron chi connectivity index (χ4n) is 2.37. The van der Waals surface area contributed by atoms with Gasteiger partial charge in [0.25, 0.3) is 5.69 Å². The number of nitro groups is 1. The maximum Gasteiger partial charge on any atom is 0.416 e. The van der Waals surface area contributed by atoms with Crippen LogP contribution in [0.3, 0.4) is 0 Å². The minimum absolute atomic E-state index is 0.0912. The predicted octanol–water partition coefficient (Wildman–Crippen LogP) is 5.68. The molecular formula is C20H15ClF3NO7. The Morgan fingerprint density at radius 2 is 1.88 bits per heavy atom. The number of carbonyl (C=O) groups is 2. The van der Waals surface area contributed by atoms with Gasteiger partial charge in [-0.15, -0.1) is 0 Å². The number of ether oxygens (including phenoxy) is 3. The fourth-order valence-corrected chi connectivity index (χ4v) is 2.59. The van der Waals surface area contributed by atoms with E-state index in [4.69, 9.17) is 21.1 Å². The van der Waals surface area contributed by atoms with E-state index in [2.05, 4.69) is 4.74 Å². The van der Waals surface area contributed by atoms with Crippen molar-refractivity contribution < 1.29 is 41.9 Å². The van der Waals surface area contributed by atoms with E-state index in [-0.39, 0.29) is 28.9 Å². The van der Waals surface area contributed by atoms with Gasteiger partial charge in [-0.3, -0.25) is 10.1 Å². The van der Waals surface area contributed by atoms with Gasteiger partial charge in [0, 0.05) is 12.1 Å². The molecule has 0 aromatic heterocycles. The van der Waals surface area contributed by atoms with Crippen molar-refractivity contribution in [1.29, 1.82) is 0 Å². The first-order valence-electron chi connectivity index (χ1n) is 8.82. The molecule has 32 heavy (non-hydrogen) atoms. The highest BCUT2D eigenvalue weighted by atomic mass is 35.5. The topological polar surface area (TPSA) is 105 Å². The van der Waals surface area contributed by atoms with Crippen LogP contribution in [0.2, 0.25) is 5.02 Å². The molecule has 2 aromatic carbocycles. The summed E-state index contributed by atoms with van der Waals surface area (Å²) in [7, 11) is 0. The number of halogens is 4. The average molecular weight is 474 g/mol. The van der Waals surface area contributed by atoms with Crippen LogP contribution in [-0.2, 0) is 20.4 Å². The Balaban J connectivity index is 2.33. The van der Waals surface area contributed by atoms with Crippen molar-refractivity contribution in [1.82, 2.24) is 0 Å². The van der Waals surface area contributed by atoms with E-state index >= 15 is 0 Å². The summed E-state index contributed by atoms with van der Waals surface area (Å²) in [5, 5.41) is 10.9. The van der Waals surface area contributed by atoms with Crippen LogP contribution in [0.5, 0.6) is 11.5 Å². The molecule has 0 unspecified atom stereocenters. The van der Waals surface area contributed by atoms with Crippen molar-refractivity contribution in [2.24, 2.45) is 0 Å². The largest absolute Gasteiger partial charge is 0.463 e. The molecule has 8 nitrogen and oxygen atoms in total. The molecule has 12 heteroatoms. The maximum atomic E-state index is 12.8. The zero-order valence-electron chi connectivity index (χ0n) is 16.6. The lowest BCUT2D eigenvalue weighted by molar-refractivity contribution is -0.385. The molecule has 0 bridgehead atoms. The molecule has 0 aliphatic carbocycles. The van der Waals surface area contributed by atoms with Crippen LogP contribution in [0.25, 0.3) is 0 Å². The van der Waals surface area contributed by atoms with E-state index in [9.17, 15) is 32.9 Å². The second-order valence-electron chi connectivity index (χ2n) is 6.08. The van der Waals surface area contributed by atoms with Crippen molar-refractivity contribution >= 4 is 29.2 Å². The second kappa shape index (κ2) is 10.1. The number of nitrogens with zero attached hydrogens (tertiary/aromatic N) is 1. The molecule has 0 heterocycles. The number of nitro benzene ring substituents is 1. The molecule has 0 N–H and O–H groups in total. The molecule has 0 aliphatic heterocycles. The molecule has 0 spiro atoms. The highest BCUT2D eigenvalue weighted by molar-refractivity contribution is 6.32. The number of hydrogen-bond donors (Lipinski definition) is 0. The zero-order chi connectivity index (χ0) is 24.1. The molecule has 0 saturated carbocycles. The number of hydrogen-bond acceptors (Lipinski definition) is 7. The van der Waals surface area contributed by atoms with Crippen LogP contribution >= 0.6 is 11.6 Å². The molecule has 0 atom stereocenters. The van der Waals surface area contributed by atoms with Crippen LogP contribution in [0.1, 0.15) is 29.8 Å². The van der Waals surface area contributed by atoms with E-state index in [1.807, 2.05) is 0 Å². The fraction of sp³-hybridized carbons (Fsp3) is 0.200. The smallest absolute Gasteiger partial charge is 0.416 e. The van der Waals surface area contributed by atoms with Gasteiger partial charge in [-0.05, 0) is 38.1 Å². The van der Waals surface area contributed by atoms with Gasteiger partial charge in [-0.2, -0.15) is 13.2 Å². The highest BCUT2D eigenvalue weighted by Gasteiger charge is 2.31. The average Bonchev–Trinajstić information content (AvgIpc) is 2.68. The van der Waals surface area contributed by atoms with Crippen LogP contribution in [0, 0.1) is 10.1 Å². The number of esters is 2. The number of allylic oxidation sites excluding steroid dienone is 1. The zero-order valence-corrected chi connectivity index (χ0v) is 17.3. The van der Waals surface area contributed by atoms with Crippen molar-refractivity contribution in [3.05, 3.63) is 74.5 Å². The lowest BCUT2D eigenvalue weighted by Crippen LogP contribution is -2.09. The number of alkyl halides is 3. The van der Waals surface area contributed by atoms with Gasteiger partial charge in [-0.25, -0.2) is 9.59 Å². The van der Waals surface area contributed by atoms with Gasteiger partial charge in [0.15, 0.2) is 0 Å². The van der Waals surface area contributed by atoms with Crippen molar-refractivity contribution in [3.8, 4) is 11.5 Å². The lowest BCUT2D eigenvalue weighted by atomic mass is 10.1. The summed E-state index contributed by atoms with van der Waals surface area (Å²) in [6.07, 6.45) is -3.73. The third-order valence-electron chi connectivity index (χ3n) is 3.73. The summed E-state index contributed by atoms with van der Waals surface area (Å²) < 4.78 is 53.3. The standard InChI is InChI=1S/C20H15ClF3NO7/c1-3-30-18(26)8-11(2)31-19(27)14-10-13(5-6-16(14)25(28)29)32-17-7-4-12(9-15(17)21)20(22,23)24/h4-10H,3H2,1-2H3/b11-8+. The molecular weight excluding hydrogens is 459 g/mol. The summed E-state index contributed by atoms with van der Waals surface area (Å²) >= 11 is 5.84. The molecule has 0 saturated heterocycles. The van der Waals surface area contributed by atoms with Crippen molar-refractivity contribution in [2.45, 2.75) is 20.0 Å². The normalized spacial score (nSPS) is 11.6. The van der Waals surface area contributed by atoms with Gasteiger partial charge >= 0.3 is 18.1 Å². The van der Waals surface area contributed by atoms with Gasteiger partial charge in [0.2, 0.25) is 0 Å². The number of rotatable bonds is 7. The molecule has 170 valence electrons. The van der Waals surface area contributed by atoms with E-state index in [1.54, 1.807) is 6.92 Å². The molecule has 2 rings (SSSR count). The molecule has 0 amide bonds. The van der Waals surface area contributed by atoms with Gasteiger partial charge in [0.05, 0.1) is 28.2 Å². The maximum absolute atomic E-state index is 12.8. The number of carbonyl (C=O) groups excluding carboxylic acids is 2. The predicted molar refractivity (Wildman–Crippen MR) is 105 cm³/mol. The van der Waals surface area contributed by atoms with Crippen LogP contribution < -0.4 is 4.74 Å². The van der Waals surface area contributed by atoms with E-state index < -0.39 is 39.9 Å². The monoisotopic (exact) mass is 473 g/mol. The van der Waals surface area contributed by atoms with Gasteiger partial charge in [0.1, 0.15) is 22.8 Å². The Morgan fingerprint density at radius 1 is 1.19 bits per heavy atom. The third-order valence-corrected chi connectivity index (χ3v) is 4.03. The minimum Gasteiger partial charge on any atom is -0.463 e. The van der Waals surface area contributed by atoms with Crippen LogP contribution in [0.4, 0.5) is 18.9 Å². The van der Waals surface area contributed by atoms with Gasteiger partial charge < -0.3 is 14.2 Å². The first kappa shape index (κ1) is 24.7. The Kier molecular flexibility index (Phi) is 7.82. The van der Waals surface area contributed by atoms with Crippen LogP contribution in [0.15, 0.2) is 48.2 Å². The molecule has 0 aliphatic rings. The minimum atomic E-state index is -4.61. The third kappa shape index (κ3) is 6.45. The lowest BCUT2D eigenvalue weighted by Gasteiger charge is -2.12. The quantitative estimate of drug-likeness (QED) is 0.167. The molecule has 0 radical (unpaired) electrons. The Hall–Kier alpha value is -3.60. The summed E-state index contributed by atoms with van der Waals surface area (Å²) in [6, 6.07) is 5.41. The van der Waals surface area contributed by atoms with Gasteiger partial charge in [-0.1, -0.05) is 11.6 Å². The molecule has 0 fully saturated rings. The van der Waals surface area contributed by atoms with E-state index in [0.717, 1.165) is 36.4 Å². The summed E-state index contributed by atoms with van der Waals surface area (Å²) in [4.78, 5) is 34.3. The first-order chi connectivity index (χ1) is 14.9. The summed E-state index contributed by atoms with van der Waals surface area (Å²) in [6.45, 7) is 2.93. The van der Waals surface area contributed by atoms with E-state index in [0.29, 0.717) is 6.07 Å². The van der Waals surface area contributed by atoms with Crippen LogP contribution in [-0.4, -0.2) is 23.5 Å². The van der Waals surface area contributed by atoms with E-state index in [1.165, 1.54) is 6.92 Å². The highest BCUT2D eigenvalue weighted by Crippen LogP contribution is 2.37. The summed E-state index contributed by atoms with van der Waals surface area (Å²) in [5.74, 6) is -2.43.